The van der Waals surface area contributed by atoms with Gasteiger partial charge in [0.2, 0.25) is 10.0 Å². The van der Waals surface area contributed by atoms with E-state index in [0.717, 1.165) is 6.42 Å². The molecule has 100 valence electrons. The first kappa shape index (κ1) is 14.3. The first-order valence-electron chi connectivity index (χ1n) is 5.38. The fraction of sp³-hybridized carbons (Fsp3) is 0.364. The Morgan fingerprint density at radius 1 is 1.33 bits per heavy atom. The molecule has 0 aromatic heterocycles. The highest BCUT2D eigenvalue weighted by Gasteiger charge is 2.15. The molecule has 1 rings (SSSR count). The van der Waals surface area contributed by atoms with Gasteiger partial charge in [-0.15, -0.1) is 0 Å². The number of nitrogens with one attached hydrogen (secondary N) is 1. The van der Waals surface area contributed by atoms with E-state index in [1.54, 1.807) is 12.1 Å². The second kappa shape index (κ2) is 6.25. The van der Waals surface area contributed by atoms with Gasteiger partial charge < -0.3 is 9.84 Å². The maximum absolute atomic E-state index is 11.3. The average molecular weight is 273 g/mol. The van der Waals surface area contributed by atoms with Crippen molar-refractivity contribution >= 4 is 21.7 Å². The number of carbonyl (C=O) groups is 1. The molecule has 18 heavy (non-hydrogen) atoms. The lowest BCUT2D eigenvalue weighted by Gasteiger charge is -2.08. The van der Waals surface area contributed by atoms with Gasteiger partial charge in [-0.25, -0.2) is 8.42 Å². The fourth-order valence-corrected chi connectivity index (χ4v) is 2.11. The number of carboxylic acids is 1. The van der Waals surface area contributed by atoms with Crippen LogP contribution in [0.5, 0.6) is 5.75 Å². The Balaban J connectivity index is 2.66. The molecular formula is C11H15NO5S. The second-order valence-corrected chi connectivity index (χ2v) is 5.35. The summed E-state index contributed by atoms with van der Waals surface area (Å²) >= 11 is 0. The van der Waals surface area contributed by atoms with Gasteiger partial charge in [0.05, 0.1) is 6.61 Å². The van der Waals surface area contributed by atoms with Gasteiger partial charge in [0, 0.05) is 5.69 Å². The minimum atomic E-state index is -3.85. The largest absolute Gasteiger partial charge is 0.494 e. The van der Waals surface area contributed by atoms with Crippen LogP contribution in [0.2, 0.25) is 0 Å². The van der Waals surface area contributed by atoms with E-state index in [4.69, 9.17) is 9.84 Å². The lowest BCUT2D eigenvalue weighted by atomic mass is 10.3. The number of sulfonamides is 1. The summed E-state index contributed by atoms with van der Waals surface area (Å²) in [4.78, 5) is 10.3. The molecule has 0 aliphatic carbocycles. The molecule has 7 heteroatoms. The number of aliphatic carboxylic acids is 1. The number of hydrogen-bond acceptors (Lipinski definition) is 4. The minimum Gasteiger partial charge on any atom is -0.494 e. The number of rotatable bonds is 7. The van der Waals surface area contributed by atoms with Crippen LogP contribution in [0.25, 0.3) is 0 Å². The van der Waals surface area contributed by atoms with Gasteiger partial charge in [-0.3, -0.25) is 9.52 Å². The molecule has 0 bridgehead atoms. The first-order chi connectivity index (χ1) is 8.43. The standard InChI is InChI=1S/C11H15NO5S/c1-2-7-17-10-5-3-9(4-6-10)12-18(15,16)8-11(13)14/h3-6,12H,2,7-8H2,1H3,(H,13,14). The highest BCUT2D eigenvalue weighted by Crippen LogP contribution is 2.16. The monoisotopic (exact) mass is 273 g/mol. The zero-order chi connectivity index (χ0) is 13.6. The van der Waals surface area contributed by atoms with E-state index in [0.29, 0.717) is 18.0 Å². The Labute approximate surface area is 106 Å². The molecule has 0 saturated carbocycles. The predicted molar refractivity (Wildman–Crippen MR) is 67.3 cm³/mol. The van der Waals surface area contributed by atoms with E-state index in [1.807, 2.05) is 6.92 Å². The molecule has 0 heterocycles. The third-order valence-electron chi connectivity index (χ3n) is 1.91. The smallest absolute Gasteiger partial charge is 0.320 e. The lowest BCUT2D eigenvalue weighted by Crippen LogP contribution is -2.22. The van der Waals surface area contributed by atoms with Crippen LogP contribution < -0.4 is 9.46 Å². The normalized spacial score (nSPS) is 10.9. The summed E-state index contributed by atoms with van der Waals surface area (Å²) in [6, 6.07) is 6.28. The zero-order valence-corrected chi connectivity index (χ0v) is 10.7. The molecular weight excluding hydrogens is 258 g/mol. The van der Waals surface area contributed by atoms with Crippen molar-refractivity contribution in [3.8, 4) is 5.75 Å². The van der Waals surface area contributed by atoms with Crippen molar-refractivity contribution < 1.29 is 23.1 Å². The van der Waals surface area contributed by atoms with Crippen LogP contribution in [-0.4, -0.2) is 31.9 Å². The Hall–Kier alpha value is -1.76. The van der Waals surface area contributed by atoms with Crippen molar-refractivity contribution in [1.82, 2.24) is 0 Å². The third kappa shape index (κ3) is 5.05. The number of carboxylic acid groups (broad SMARTS) is 1. The van der Waals surface area contributed by atoms with Crippen LogP contribution in [0.3, 0.4) is 0 Å². The van der Waals surface area contributed by atoms with Crippen LogP contribution in [0.1, 0.15) is 13.3 Å². The number of hydrogen-bond donors (Lipinski definition) is 2. The average Bonchev–Trinajstić information content (AvgIpc) is 2.26. The highest BCUT2D eigenvalue weighted by atomic mass is 32.2. The summed E-state index contributed by atoms with van der Waals surface area (Å²) in [6.45, 7) is 2.57. The van der Waals surface area contributed by atoms with E-state index < -0.39 is 21.7 Å². The maximum atomic E-state index is 11.3. The SMILES string of the molecule is CCCOc1ccc(NS(=O)(=O)CC(=O)O)cc1. The van der Waals surface area contributed by atoms with Gasteiger partial charge >= 0.3 is 5.97 Å². The van der Waals surface area contributed by atoms with Crippen molar-refractivity contribution in [2.24, 2.45) is 0 Å². The van der Waals surface area contributed by atoms with Crippen LogP contribution in [0.4, 0.5) is 5.69 Å². The molecule has 0 spiro atoms. The second-order valence-electron chi connectivity index (χ2n) is 3.63. The van der Waals surface area contributed by atoms with Gasteiger partial charge in [-0.1, -0.05) is 6.92 Å². The Morgan fingerprint density at radius 3 is 2.44 bits per heavy atom. The quantitative estimate of drug-likeness (QED) is 0.781. The molecule has 1 aromatic rings. The minimum absolute atomic E-state index is 0.306. The van der Waals surface area contributed by atoms with Gasteiger partial charge in [0.1, 0.15) is 5.75 Å². The lowest BCUT2D eigenvalue weighted by molar-refractivity contribution is -0.134. The van der Waals surface area contributed by atoms with Crippen molar-refractivity contribution in [1.29, 1.82) is 0 Å². The molecule has 0 amide bonds. The van der Waals surface area contributed by atoms with Crippen LogP contribution >= 0.6 is 0 Å². The summed E-state index contributed by atoms with van der Waals surface area (Å²) in [5.74, 6) is -1.72. The van der Waals surface area contributed by atoms with Gasteiger partial charge in [-0.05, 0) is 30.7 Å². The number of ether oxygens (including phenoxy) is 1. The van der Waals surface area contributed by atoms with E-state index in [2.05, 4.69) is 4.72 Å². The van der Waals surface area contributed by atoms with Crippen LogP contribution in [0.15, 0.2) is 24.3 Å². The van der Waals surface area contributed by atoms with Gasteiger partial charge in [0.15, 0.2) is 5.75 Å². The van der Waals surface area contributed by atoms with Crippen molar-refractivity contribution in [3.63, 3.8) is 0 Å². The molecule has 0 radical (unpaired) electrons. The first-order valence-corrected chi connectivity index (χ1v) is 7.03. The number of anilines is 1. The predicted octanol–water partition coefficient (Wildman–Crippen LogP) is 1.30. The van der Waals surface area contributed by atoms with E-state index in [-0.39, 0.29) is 0 Å². The van der Waals surface area contributed by atoms with Crippen molar-refractivity contribution in [2.75, 3.05) is 17.1 Å². The topological polar surface area (TPSA) is 92.7 Å². The Bertz CT molecular complexity index is 495. The molecule has 0 saturated heterocycles. The summed E-state index contributed by atoms with van der Waals surface area (Å²) in [7, 11) is -3.85. The molecule has 2 N–H and O–H groups in total. The van der Waals surface area contributed by atoms with Crippen LogP contribution in [-0.2, 0) is 14.8 Å². The molecule has 6 nitrogen and oxygen atoms in total. The maximum Gasteiger partial charge on any atom is 0.320 e. The Kier molecular flexibility index (Phi) is 4.96. The molecule has 0 atom stereocenters. The molecule has 0 unspecified atom stereocenters. The third-order valence-corrected chi connectivity index (χ3v) is 3.09. The van der Waals surface area contributed by atoms with Crippen molar-refractivity contribution in [2.45, 2.75) is 13.3 Å². The van der Waals surface area contributed by atoms with Gasteiger partial charge in [-0.2, -0.15) is 0 Å². The van der Waals surface area contributed by atoms with Crippen LogP contribution in [0, 0.1) is 0 Å². The molecule has 0 fully saturated rings. The zero-order valence-electron chi connectivity index (χ0n) is 9.92. The summed E-state index contributed by atoms with van der Waals surface area (Å²) in [5, 5.41) is 8.43. The fourth-order valence-electron chi connectivity index (χ4n) is 1.22. The van der Waals surface area contributed by atoms with Gasteiger partial charge in [0.25, 0.3) is 0 Å². The number of benzene rings is 1. The highest BCUT2D eigenvalue weighted by molar-refractivity contribution is 7.93. The molecule has 0 aliphatic rings. The van der Waals surface area contributed by atoms with E-state index in [9.17, 15) is 13.2 Å². The van der Waals surface area contributed by atoms with Crippen molar-refractivity contribution in [3.05, 3.63) is 24.3 Å². The summed E-state index contributed by atoms with van der Waals surface area (Å²) in [5.41, 5.74) is 0.306. The molecule has 0 aliphatic heterocycles. The molecule has 1 aromatic carbocycles. The summed E-state index contributed by atoms with van der Waals surface area (Å²) < 4.78 is 30.2. The summed E-state index contributed by atoms with van der Waals surface area (Å²) in [6.07, 6.45) is 0.882. The Morgan fingerprint density at radius 2 is 1.94 bits per heavy atom. The van der Waals surface area contributed by atoms with E-state index in [1.165, 1.54) is 12.1 Å². The van der Waals surface area contributed by atoms with E-state index >= 15 is 0 Å².